The largest absolute Gasteiger partial charge is 0.478 e. The van der Waals surface area contributed by atoms with Gasteiger partial charge >= 0.3 is 11.0 Å². The molecule has 2 heterocycles. The molecular formula is C7H4N4O4S. The van der Waals surface area contributed by atoms with E-state index in [9.17, 15) is 14.9 Å². The second-order valence-electron chi connectivity index (χ2n) is 2.72. The van der Waals surface area contributed by atoms with Crippen LogP contribution in [0.2, 0.25) is 0 Å². The summed E-state index contributed by atoms with van der Waals surface area (Å²) in [5, 5.41) is 22.9. The van der Waals surface area contributed by atoms with Crippen LogP contribution in [0.5, 0.6) is 0 Å². The predicted molar refractivity (Wildman–Crippen MR) is 52.8 cm³/mol. The molecule has 0 bridgehead atoms. The molecule has 8 nitrogen and oxygen atoms in total. The highest BCUT2D eigenvalue weighted by atomic mass is 32.1. The number of hydrogen-bond donors (Lipinski definition) is 1. The number of carboxylic acids is 1. The third kappa shape index (κ3) is 1.75. The fraction of sp³-hybridized carbons (Fsp3) is 0. The average molecular weight is 240 g/mol. The van der Waals surface area contributed by atoms with E-state index in [2.05, 4.69) is 10.1 Å². The van der Waals surface area contributed by atoms with E-state index in [1.54, 1.807) is 0 Å². The van der Waals surface area contributed by atoms with Crippen LogP contribution in [-0.2, 0) is 0 Å². The maximum absolute atomic E-state index is 10.6. The lowest BCUT2D eigenvalue weighted by atomic mass is 10.4. The fourth-order valence-electron chi connectivity index (χ4n) is 0.985. The average Bonchev–Trinajstić information content (AvgIpc) is 2.86. The number of aromatic carboxylic acids is 1. The van der Waals surface area contributed by atoms with Gasteiger partial charge in [0.05, 0.1) is 16.7 Å². The molecule has 2 aromatic rings. The molecule has 0 spiro atoms. The van der Waals surface area contributed by atoms with Gasteiger partial charge in [-0.2, -0.15) is 5.10 Å². The molecule has 0 aliphatic heterocycles. The predicted octanol–water partition coefficient (Wildman–Crippen LogP) is 0.935. The number of nitro groups is 1. The van der Waals surface area contributed by atoms with Crippen molar-refractivity contribution >= 4 is 22.3 Å². The van der Waals surface area contributed by atoms with Gasteiger partial charge in [-0.05, 0) is 11.3 Å². The van der Waals surface area contributed by atoms with Gasteiger partial charge in [0, 0.05) is 6.20 Å². The number of carbonyl (C=O) groups is 1. The van der Waals surface area contributed by atoms with Crippen LogP contribution < -0.4 is 0 Å². The Balaban J connectivity index is 2.35. The van der Waals surface area contributed by atoms with Crippen LogP contribution in [0.3, 0.4) is 0 Å². The van der Waals surface area contributed by atoms with Crippen molar-refractivity contribution in [2.45, 2.75) is 0 Å². The summed E-state index contributed by atoms with van der Waals surface area (Å²) < 4.78 is 1.18. The van der Waals surface area contributed by atoms with E-state index in [0.717, 1.165) is 23.7 Å². The van der Waals surface area contributed by atoms with Crippen molar-refractivity contribution < 1.29 is 14.8 Å². The molecule has 82 valence electrons. The second kappa shape index (κ2) is 3.70. The molecule has 2 rings (SSSR count). The molecule has 1 N–H and O–H groups in total. The first-order chi connectivity index (χ1) is 7.58. The van der Waals surface area contributed by atoms with Crippen LogP contribution in [-0.4, -0.2) is 30.8 Å². The van der Waals surface area contributed by atoms with Crippen molar-refractivity contribution in [3.63, 3.8) is 0 Å². The third-order valence-electron chi connectivity index (χ3n) is 1.69. The molecule has 0 aliphatic rings. The van der Waals surface area contributed by atoms with Gasteiger partial charge in [0.2, 0.25) is 5.13 Å². The van der Waals surface area contributed by atoms with E-state index >= 15 is 0 Å². The fourth-order valence-corrected chi connectivity index (χ4v) is 1.65. The number of nitrogens with zero attached hydrogens (tertiary/aromatic N) is 4. The van der Waals surface area contributed by atoms with Gasteiger partial charge in [-0.15, -0.1) is 0 Å². The third-order valence-corrected chi connectivity index (χ3v) is 2.63. The molecule has 0 fully saturated rings. The number of rotatable bonds is 3. The van der Waals surface area contributed by atoms with Crippen molar-refractivity contribution in [1.82, 2.24) is 14.8 Å². The lowest BCUT2D eigenvalue weighted by Crippen LogP contribution is -1.94. The number of thiazole rings is 1. The summed E-state index contributed by atoms with van der Waals surface area (Å²) in [4.78, 5) is 24.2. The van der Waals surface area contributed by atoms with Crippen LogP contribution >= 0.6 is 11.3 Å². The van der Waals surface area contributed by atoms with Gasteiger partial charge in [0.15, 0.2) is 0 Å². The first kappa shape index (κ1) is 10.2. The minimum absolute atomic E-state index is 0.00199. The maximum Gasteiger partial charge on any atom is 0.345 e. The van der Waals surface area contributed by atoms with Crippen LogP contribution in [0.4, 0.5) is 5.00 Å². The Bertz CT molecular complexity index is 510. The SMILES string of the molecule is O=C(O)c1cnn(-c2ncc([N+](=O)[O-])s2)c1. The second-order valence-corrected chi connectivity index (χ2v) is 3.70. The normalized spacial score (nSPS) is 10.2. The molecule has 0 amide bonds. The van der Waals surface area contributed by atoms with Crippen LogP contribution in [0.15, 0.2) is 18.6 Å². The standard InChI is InChI=1S/C7H4N4O4S/c12-6(13)4-1-9-10(3-4)7-8-2-5(16-7)11(14)15/h1-3H,(H,12,13). The summed E-state index contributed by atoms with van der Waals surface area (Å²) >= 11 is 0.816. The molecule has 0 saturated carbocycles. The summed E-state index contributed by atoms with van der Waals surface area (Å²) in [6.07, 6.45) is 3.49. The number of hydrogen-bond acceptors (Lipinski definition) is 6. The zero-order valence-electron chi connectivity index (χ0n) is 7.60. The summed E-state index contributed by atoms with van der Waals surface area (Å²) in [6, 6.07) is 0. The molecule has 0 aromatic carbocycles. The molecule has 0 atom stereocenters. The summed E-state index contributed by atoms with van der Waals surface area (Å²) in [7, 11) is 0. The summed E-state index contributed by atoms with van der Waals surface area (Å²) in [6.45, 7) is 0. The first-order valence-electron chi connectivity index (χ1n) is 3.96. The van der Waals surface area contributed by atoms with Crippen molar-refractivity contribution in [3.05, 3.63) is 34.3 Å². The van der Waals surface area contributed by atoms with E-state index < -0.39 is 10.9 Å². The quantitative estimate of drug-likeness (QED) is 0.631. The molecule has 16 heavy (non-hydrogen) atoms. The van der Waals surface area contributed by atoms with E-state index in [1.807, 2.05) is 0 Å². The molecular weight excluding hydrogens is 236 g/mol. The van der Waals surface area contributed by atoms with Crippen LogP contribution in [0.1, 0.15) is 10.4 Å². The topological polar surface area (TPSA) is 111 Å². The highest BCUT2D eigenvalue weighted by molar-refractivity contribution is 7.17. The van der Waals surface area contributed by atoms with Gasteiger partial charge in [0.1, 0.15) is 6.20 Å². The molecule has 0 unspecified atom stereocenters. The van der Waals surface area contributed by atoms with Gasteiger partial charge in [-0.1, -0.05) is 0 Å². The van der Waals surface area contributed by atoms with Gasteiger partial charge in [-0.3, -0.25) is 10.1 Å². The molecule has 0 saturated heterocycles. The Kier molecular flexibility index (Phi) is 2.37. The maximum atomic E-state index is 10.6. The lowest BCUT2D eigenvalue weighted by molar-refractivity contribution is -0.380. The zero-order chi connectivity index (χ0) is 11.7. The van der Waals surface area contributed by atoms with E-state index in [-0.39, 0.29) is 15.7 Å². The van der Waals surface area contributed by atoms with Crippen molar-refractivity contribution in [2.75, 3.05) is 0 Å². The minimum Gasteiger partial charge on any atom is -0.478 e. The Morgan fingerprint density at radius 3 is 2.81 bits per heavy atom. The smallest absolute Gasteiger partial charge is 0.345 e. The van der Waals surface area contributed by atoms with Crippen LogP contribution in [0.25, 0.3) is 5.13 Å². The van der Waals surface area contributed by atoms with Crippen molar-refractivity contribution in [3.8, 4) is 5.13 Å². The number of carboxylic acid groups (broad SMARTS) is 1. The molecule has 0 aliphatic carbocycles. The minimum atomic E-state index is -1.11. The first-order valence-corrected chi connectivity index (χ1v) is 4.78. The zero-order valence-corrected chi connectivity index (χ0v) is 8.42. The molecule has 2 aromatic heterocycles. The Morgan fingerprint density at radius 1 is 1.56 bits per heavy atom. The summed E-state index contributed by atoms with van der Waals surface area (Å²) in [5.41, 5.74) is -0.00199. The van der Waals surface area contributed by atoms with Gasteiger partial charge in [0.25, 0.3) is 0 Å². The van der Waals surface area contributed by atoms with Crippen LogP contribution in [0, 0.1) is 10.1 Å². The van der Waals surface area contributed by atoms with Gasteiger partial charge in [-0.25, -0.2) is 14.5 Å². The van der Waals surface area contributed by atoms with Crippen molar-refractivity contribution in [1.29, 1.82) is 0 Å². The monoisotopic (exact) mass is 240 g/mol. The molecule has 0 radical (unpaired) electrons. The Labute approximate surface area is 91.9 Å². The number of aromatic nitrogens is 3. The van der Waals surface area contributed by atoms with Crippen molar-refractivity contribution in [2.24, 2.45) is 0 Å². The van der Waals surface area contributed by atoms with Gasteiger partial charge < -0.3 is 5.11 Å². The highest BCUT2D eigenvalue weighted by Gasteiger charge is 2.14. The Hall–Kier alpha value is -2.29. The molecule has 9 heteroatoms. The lowest BCUT2D eigenvalue weighted by Gasteiger charge is -1.90. The Morgan fingerprint density at radius 2 is 2.31 bits per heavy atom. The van der Waals surface area contributed by atoms with E-state index in [1.165, 1.54) is 10.9 Å². The van der Waals surface area contributed by atoms with E-state index in [4.69, 9.17) is 5.11 Å². The van der Waals surface area contributed by atoms with E-state index in [0.29, 0.717) is 0 Å². The highest BCUT2D eigenvalue weighted by Crippen LogP contribution is 2.23. The summed E-state index contributed by atoms with van der Waals surface area (Å²) in [5.74, 6) is -1.11.